The molecule has 4 aromatic rings. The van der Waals surface area contributed by atoms with Crippen molar-refractivity contribution in [3.63, 3.8) is 0 Å². The lowest BCUT2D eigenvalue weighted by atomic mass is 10.1. The van der Waals surface area contributed by atoms with Gasteiger partial charge in [0.1, 0.15) is 17.1 Å². The minimum absolute atomic E-state index is 0.575. The second-order valence-electron chi connectivity index (χ2n) is 5.75. The summed E-state index contributed by atoms with van der Waals surface area (Å²) in [5.74, 6) is 0.849. The molecular formula is C20H16N2O2S. The molecule has 0 saturated carbocycles. The highest BCUT2D eigenvalue weighted by Crippen LogP contribution is 2.33. The Morgan fingerprint density at radius 2 is 1.92 bits per heavy atom. The minimum atomic E-state index is 0.575. The van der Waals surface area contributed by atoms with Gasteiger partial charge in [-0.1, -0.05) is 30.3 Å². The van der Waals surface area contributed by atoms with Crippen molar-refractivity contribution in [2.75, 3.05) is 7.11 Å². The van der Waals surface area contributed by atoms with Crippen LogP contribution in [-0.2, 0) is 0 Å². The average molecular weight is 348 g/mol. The van der Waals surface area contributed by atoms with Crippen molar-refractivity contribution in [3.8, 4) is 28.3 Å². The molecule has 124 valence electrons. The number of rotatable bonds is 4. The van der Waals surface area contributed by atoms with E-state index in [0.29, 0.717) is 11.4 Å². The second-order valence-corrected chi connectivity index (χ2v) is 6.59. The summed E-state index contributed by atoms with van der Waals surface area (Å²) in [4.78, 5) is 17.3. The first-order valence-corrected chi connectivity index (χ1v) is 8.76. The Hall–Kier alpha value is -2.92. The lowest BCUT2D eigenvalue weighted by molar-refractivity contribution is 0.111. The number of benzene rings is 2. The fourth-order valence-corrected chi connectivity index (χ4v) is 3.94. The van der Waals surface area contributed by atoms with Gasteiger partial charge in [0.15, 0.2) is 11.2 Å². The van der Waals surface area contributed by atoms with Gasteiger partial charge < -0.3 is 4.74 Å². The lowest BCUT2D eigenvalue weighted by Crippen LogP contribution is -1.95. The molecule has 0 bridgehead atoms. The normalized spacial score (nSPS) is 11.0. The number of aldehydes is 1. The van der Waals surface area contributed by atoms with Crippen molar-refractivity contribution in [2.24, 2.45) is 0 Å². The van der Waals surface area contributed by atoms with Crippen LogP contribution in [0, 0.1) is 6.92 Å². The van der Waals surface area contributed by atoms with Crippen LogP contribution in [0.3, 0.4) is 0 Å². The molecule has 0 atom stereocenters. The van der Waals surface area contributed by atoms with Crippen LogP contribution < -0.4 is 4.74 Å². The van der Waals surface area contributed by atoms with Crippen molar-refractivity contribution in [2.45, 2.75) is 6.92 Å². The number of fused-ring (bicyclic) bond motifs is 1. The molecule has 5 heteroatoms. The molecule has 0 aliphatic rings. The number of aromatic nitrogens is 2. The van der Waals surface area contributed by atoms with Crippen LogP contribution in [0.1, 0.15) is 16.1 Å². The molecule has 0 N–H and O–H groups in total. The monoisotopic (exact) mass is 348 g/mol. The van der Waals surface area contributed by atoms with E-state index >= 15 is 0 Å². The molecule has 0 spiro atoms. The number of hydrogen-bond donors (Lipinski definition) is 0. The number of methoxy groups -OCH3 is 1. The van der Waals surface area contributed by atoms with E-state index in [-0.39, 0.29) is 0 Å². The molecule has 0 radical (unpaired) electrons. The van der Waals surface area contributed by atoms with Gasteiger partial charge in [0.05, 0.1) is 12.8 Å². The van der Waals surface area contributed by atoms with E-state index < -0.39 is 0 Å². The van der Waals surface area contributed by atoms with Crippen molar-refractivity contribution in [3.05, 3.63) is 65.2 Å². The quantitative estimate of drug-likeness (QED) is 0.495. The average Bonchev–Trinajstić information content (AvgIpc) is 3.21. The highest BCUT2D eigenvalue weighted by molar-refractivity contribution is 7.15. The Kier molecular flexibility index (Phi) is 3.86. The maximum absolute atomic E-state index is 11.8. The van der Waals surface area contributed by atoms with Gasteiger partial charge >= 0.3 is 0 Å². The van der Waals surface area contributed by atoms with Crippen LogP contribution in [-0.4, -0.2) is 22.8 Å². The topological polar surface area (TPSA) is 43.6 Å². The van der Waals surface area contributed by atoms with Crippen molar-refractivity contribution in [1.29, 1.82) is 0 Å². The molecule has 4 nitrogen and oxygen atoms in total. The van der Waals surface area contributed by atoms with Crippen LogP contribution in [0.5, 0.6) is 5.75 Å². The van der Waals surface area contributed by atoms with E-state index in [2.05, 4.69) is 11.1 Å². The predicted octanol–water partition coefficient (Wildman–Crippen LogP) is 4.86. The van der Waals surface area contributed by atoms with E-state index in [0.717, 1.165) is 39.4 Å². The zero-order chi connectivity index (χ0) is 17.4. The molecule has 0 unspecified atom stereocenters. The molecule has 0 aliphatic carbocycles. The Balaban J connectivity index is 1.93. The number of hydrogen-bond acceptors (Lipinski definition) is 4. The summed E-state index contributed by atoms with van der Waals surface area (Å²) >= 11 is 1.53. The van der Waals surface area contributed by atoms with Gasteiger partial charge in [-0.05, 0) is 36.2 Å². The number of aryl methyl sites for hydroxylation is 1. The third-order valence-electron chi connectivity index (χ3n) is 4.25. The summed E-state index contributed by atoms with van der Waals surface area (Å²) in [5, 5.41) is 2.03. The van der Waals surface area contributed by atoms with Gasteiger partial charge in [-0.2, -0.15) is 0 Å². The van der Waals surface area contributed by atoms with Gasteiger partial charge in [-0.3, -0.25) is 9.20 Å². The standard InChI is InChI=1S/C20H16N2O2S/c1-13-10-15(8-9-18(13)24-2)17-12-25-20-21-19(16(11-23)22(17)20)14-6-4-3-5-7-14/h3-12H,1-2H3. The van der Waals surface area contributed by atoms with Crippen LogP contribution in [0.4, 0.5) is 0 Å². The molecule has 0 saturated heterocycles. The fraction of sp³-hybridized carbons (Fsp3) is 0.100. The van der Waals surface area contributed by atoms with Crippen molar-refractivity contribution < 1.29 is 9.53 Å². The molecule has 2 aromatic carbocycles. The number of carbonyl (C=O) groups is 1. The first kappa shape index (κ1) is 15.6. The summed E-state index contributed by atoms with van der Waals surface area (Å²) in [6.45, 7) is 2.01. The van der Waals surface area contributed by atoms with E-state index in [4.69, 9.17) is 4.74 Å². The van der Waals surface area contributed by atoms with Gasteiger partial charge in [-0.25, -0.2) is 4.98 Å². The van der Waals surface area contributed by atoms with Gasteiger partial charge in [0, 0.05) is 10.9 Å². The van der Waals surface area contributed by atoms with Gasteiger partial charge in [-0.15, -0.1) is 11.3 Å². The van der Waals surface area contributed by atoms with E-state index in [1.165, 1.54) is 11.3 Å². The second kappa shape index (κ2) is 6.18. The minimum Gasteiger partial charge on any atom is -0.496 e. The first-order valence-electron chi connectivity index (χ1n) is 7.88. The Bertz CT molecular complexity index is 1060. The third kappa shape index (κ3) is 2.53. The Labute approximate surface area is 149 Å². The Morgan fingerprint density at radius 3 is 2.60 bits per heavy atom. The number of thiazole rings is 1. The molecule has 4 rings (SSSR count). The van der Waals surface area contributed by atoms with Crippen LogP contribution in [0.15, 0.2) is 53.9 Å². The van der Waals surface area contributed by atoms with Crippen LogP contribution in [0.25, 0.3) is 27.5 Å². The molecule has 2 aromatic heterocycles. The number of carbonyl (C=O) groups excluding carboxylic acids is 1. The summed E-state index contributed by atoms with van der Waals surface area (Å²) in [7, 11) is 1.66. The zero-order valence-corrected chi connectivity index (χ0v) is 14.7. The zero-order valence-electron chi connectivity index (χ0n) is 13.9. The first-order chi connectivity index (χ1) is 12.2. The predicted molar refractivity (Wildman–Crippen MR) is 101 cm³/mol. The summed E-state index contributed by atoms with van der Waals surface area (Å²) < 4.78 is 7.27. The molecule has 0 fully saturated rings. The number of nitrogens with zero attached hydrogens (tertiary/aromatic N) is 2. The van der Waals surface area contributed by atoms with Crippen molar-refractivity contribution in [1.82, 2.24) is 9.38 Å². The highest BCUT2D eigenvalue weighted by Gasteiger charge is 2.18. The molecule has 2 heterocycles. The van der Waals surface area contributed by atoms with E-state index in [1.807, 2.05) is 59.2 Å². The smallest absolute Gasteiger partial charge is 0.195 e. The van der Waals surface area contributed by atoms with Crippen LogP contribution >= 0.6 is 11.3 Å². The number of imidazole rings is 1. The Morgan fingerprint density at radius 1 is 1.12 bits per heavy atom. The molecule has 25 heavy (non-hydrogen) atoms. The maximum Gasteiger partial charge on any atom is 0.195 e. The third-order valence-corrected chi connectivity index (χ3v) is 5.07. The SMILES string of the molecule is COc1ccc(-c2csc3nc(-c4ccccc4)c(C=O)n23)cc1C. The van der Waals surface area contributed by atoms with E-state index in [9.17, 15) is 4.79 Å². The summed E-state index contributed by atoms with van der Waals surface area (Å²) in [5.41, 5.74) is 5.28. The van der Waals surface area contributed by atoms with Gasteiger partial charge in [0.2, 0.25) is 0 Å². The molecule has 0 amide bonds. The maximum atomic E-state index is 11.8. The van der Waals surface area contributed by atoms with Gasteiger partial charge in [0.25, 0.3) is 0 Å². The summed E-state index contributed by atoms with van der Waals surface area (Å²) in [6.07, 6.45) is 0.884. The van der Waals surface area contributed by atoms with Crippen molar-refractivity contribution >= 4 is 22.6 Å². The lowest BCUT2D eigenvalue weighted by Gasteiger charge is -2.07. The molecular weight excluding hydrogens is 332 g/mol. The fourth-order valence-electron chi connectivity index (χ4n) is 3.04. The summed E-state index contributed by atoms with van der Waals surface area (Å²) in [6, 6.07) is 15.8. The van der Waals surface area contributed by atoms with Crippen LogP contribution in [0.2, 0.25) is 0 Å². The largest absolute Gasteiger partial charge is 0.496 e. The molecule has 0 aliphatic heterocycles. The highest BCUT2D eigenvalue weighted by atomic mass is 32.1. The number of ether oxygens (including phenoxy) is 1. The van der Waals surface area contributed by atoms with E-state index in [1.54, 1.807) is 7.11 Å².